The first-order chi connectivity index (χ1) is 16.4. The lowest BCUT2D eigenvalue weighted by molar-refractivity contribution is -0.135. The number of benzene rings is 2. The summed E-state index contributed by atoms with van der Waals surface area (Å²) in [4.78, 5) is 25.8. The van der Waals surface area contributed by atoms with E-state index in [0.29, 0.717) is 12.1 Å². The number of halogens is 6. The molecule has 0 saturated carbocycles. The molecule has 10 nitrogen and oxygen atoms in total. The molecule has 0 aliphatic heterocycles. The lowest BCUT2D eigenvalue weighted by Crippen LogP contribution is -2.55. The van der Waals surface area contributed by atoms with Gasteiger partial charge in [-0.1, -0.05) is 24.3 Å². The summed E-state index contributed by atoms with van der Waals surface area (Å²) < 4.78 is 137. The van der Waals surface area contributed by atoms with Crippen molar-refractivity contribution in [1.82, 2.24) is 0 Å². The zero-order valence-corrected chi connectivity index (χ0v) is 19.5. The predicted molar refractivity (Wildman–Crippen MR) is 111 cm³/mol. The van der Waals surface area contributed by atoms with Crippen molar-refractivity contribution in [2.75, 3.05) is 22.8 Å². The molecule has 2 aromatic rings. The maximum Gasteiger partial charge on any atom is 0.517 e. The number of carbonyl (C=O) groups excluding carboxylic acids is 2. The highest BCUT2D eigenvalue weighted by atomic mass is 32.2. The first-order valence-corrected chi connectivity index (χ1v) is 11.9. The summed E-state index contributed by atoms with van der Waals surface area (Å²) in [5, 5.41) is 0. The van der Waals surface area contributed by atoms with Crippen molar-refractivity contribution in [3.8, 4) is 11.5 Å². The molecule has 0 fully saturated rings. The van der Waals surface area contributed by atoms with Crippen LogP contribution in [0, 0.1) is 0 Å². The van der Waals surface area contributed by atoms with Crippen LogP contribution in [0.25, 0.3) is 0 Å². The van der Waals surface area contributed by atoms with Crippen molar-refractivity contribution in [3.05, 3.63) is 48.5 Å². The van der Waals surface area contributed by atoms with Gasteiger partial charge in [-0.15, -0.1) is 0 Å². The number of hydrogen-bond acceptors (Lipinski definition) is 8. The van der Waals surface area contributed by atoms with Crippen molar-refractivity contribution in [3.63, 3.8) is 0 Å². The van der Waals surface area contributed by atoms with E-state index in [1.807, 2.05) is 0 Å². The van der Waals surface area contributed by atoms with E-state index < -0.39 is 74.4 Å². The van der Waals surface area contributed by atoms with Crippen LogP contribution in [0.2, 0.25) is 0 Å². The quantitative estimate of drug-likeness (QED) is 0.387. The molecule has 2 aromatic carbocycles. The second-order valence-electron chi connectivity index (χ2n) is 6.38. The molecular formula is C18H14F6N2O8S2. The fraction of sp³-hybridized carbons (Fsp3) is 0.222. The van der Waals surface area contributed by atoms with Crippen LogP contribution >= 0.6 is 0 Å². The minimum absolute atomic E-state index is 0.568. The van der Waals surface area contributed by atoms with E-state index in [9.17, 15) is 52.8 Å². The first kappa shape index (κ1) is 28.7. The van der Waals surface area contributed by atoms with Gasteiger partial charge >= 0.3 is 42.9 Å². The number of nitrogens with zero attached hydrogens (tertiary/aromatic N) is 2. The first-order valence-electron chi connectivity index (χ1n) is 9.01. The summed E-state index contributed by atoms with van der Waals surface area (Å²) in [5.41, 5.74) is -15.0. The fourth-order valence-electron chi connectivity index (χ4n) is 2.67. The van der Waals surface area contributed by atoms with Gasteiger partial charge in [-0.2, -0.15) is 51.8 Å². The standard InChI is InChI=1S/C18H14F6N2O8S2/c1-33-13-9-5-3-7-11(13)25(35(29,30)17(19,20)21)15(27)16(28)26(36(31,32)18(22,23)24)12-8-4-6-10-14(12)34-2/h3-10H,1-2H3. The number of ether oxygens (including phenoxy) is 2. The highest BCUT2D eigenvalue weighted by Gasteiger charge is 2.58. The molecule has 0 atom stereocenters. The number of rotatable bonds is 6. The van der Waals surface area contributed by atoms with Gasteiger partial charge < -0.3 is 9.47 Å². The number of alkyl halides is 6. The third kappa shape index (κ3) is 5.03. The van der Waals surface area contributed by atoms with Crippen molar-refractivity contribution in [2.45, 2.75) is 11.0 Å². The van der Waals surface area contributed by atoms with E-state index in [1.54, 1.807) is 0 Å². The molecule has 0 radical (unpaired) electrons. The molecule has 0 bridgehead atoms. The number of sulfonamides is 2. The van der Waals surface area contributed by atoms with Gasteiger partial charge in [-0.05, 0) is 24.3 Å². The second kappa shape index (κ2) is 9.84. The molecule has 0 heterocycles. The number of amides is 2. The van der Waals surface area contributed by atoms with Gasteiger partial charge in [0.05, 0.1) is 14.2 Å². The molecule has 2 amide bonds. The van der Waals surface area contributed by atoms with Crippen molar-refractivity contribution in [2.24, 2.45) is 0 Å². The number of hydrogen-bond donors (Lipinski definition) is 0. The number of carbonyl (C=O) groups is 2. The molecular weight excluding hydrogens is 550 g/mol. The zero-order valence-electron chi connectivity index (χ0n) is 17.9. The summed E-state index contributed by atoms with van der Waals surface area (Å²) in [5.74, 6) is -7.10. The Bertz CT molecular complexity index is 1270. The molecule has 0 unspecified atom stereocenters. The molecule has 0 aromatic heterocycles. The Morgan fingerprint density at radius 1 is 0.639 bits per heavy atom. The molecule has 198 valence electrons. The lowest BCUT2D eigenvalue weighted by atomic mass is 10.2. The summed E-state index contributed by atoms with van der Waals surface area (Å²) in [6.07, 6.45) is 0. The number of anilines is 2. The molecule has 0 spiro atoms. The van der Waals surface area contributed by atoms with Gasteiger partial charge in [0.25, 0.3) is 0 Å². The van der Waals surface area contributed by atoms with E-state index in [1.165, 1.54) is 0 Å². The van der Waals surface area contributed by atoms with E-state index in [4.69, 9.17) is 9.47 Å². The van der Waals surface area contributed by atoms with Crippen LogP contribution in [0.15, 0.2) is 48.5 Å². The lowest BCUT2D eigenvalue weighted by Gasteiger charge is -2.28. The van der Waals surface area contributed by atoms with E-state index in [2.05, 4.69) is 0 Å². The Morgan fingerprint density at radius 3 is 1.17 bits per heavy atom. The Balaban J connectivity index is 2.90. The molecule has 2 rings (SSSR count). The largest absolute Gasteiger partial charge is 0.517 e. The van der Waals surface area contributed by atoms with Crippen molar-refractivity contribution < 1.29 is 62.2 Å². The topological polar surface area (TPSA) is 127 Å². The Labute approximate surface area is 199 Å². The van der Waals surface area contributed by atoms with Gasteiger partial charge in [0.15, 0.2) is 0 Å². The summed E-state index contributed by atoms with van der Waals surface area (Å²) in [6, 6.07) is 6.97. The molecule has 36 heavy (non-hydrogen) atoms. The minimum atomic E-state index is -6.83. The highest BCUT2D eigenvalue weighted by molar-refractivity contribution is 7.95. The van der Waals surface area contributed by atoms with Crippen LogP contribution in [0.5, 0.6) is 11.5 Å². The maximum absolute atomic E-state index is 13.4. The Morgan fingerprint density at radius 2 is 0.917 bits per heavy atom. The van der Waals surface area contributed by atoms with Crippen LogP contribution in [-0.2, 0) is 29.6 Å². The van der Waals surface area contributed by atoms with Crippen LogP contribution in [-0.4, -0.2) is 53.9 Å². The van der Waals surface area contributed by atoms with Crippen molar-refractivity contribution in [1.29, 1.82) is 0 Å². The number of para-hydroxylation sites is 4. The molecule has 18 heteroatoms. The van der Waals surface area contributed by atoms with Gasteiger partial charge in [0, 0.05) is 0 Å². The molecule has 0 saturated heterocycles. The molecule has 0 aliphatic rings. The highest BCUT2D eigenvalue weighted by Crippen LogP contribution is 2.39. The summed E-state index contributed by atoms with van der Waals surface area (Å²) in [6.45, 7) is 0. The Kier molecular flexibility index (Phi) is 7.84. The summed E-state index contributed by atoms with van der Waals surface area (Å²) >= 11 is 0. The second-order valence-corrected chi connectivity index (χ2v) is 9.94. The van der Waals surface area contributed by atoms with Crippen LogP contribution in [0.1, 0.15) is 0 Å². The van der Waals surface area contributed by atoms with Gasteiger partial charge in [0.1, 0.15) is 22.9 Å². The van der Waals surface area contributed by atoms with Gasteiger partial charge in [0.2, 0.25) is 0 Å². The number of methoxy groups -OCH3 is 2. The molecule has 0 aliphatic carbocycles. The third-order valence-electron chi connectivity index (χ3n) is 4.23. The Hall–Kier alpha value is -3.54. The van der Waals surface area contributed by atoms with Crippen LogP contribution < -0.4 is 18.1 Å². The smallest absolute Gasteiger partial charge is 0.495 e. The minimum Gasteiger partial charge on any atom is -0.495 e. The van der Waals surface area contributed by atoms with Gasteiger partial charge in [-0.3, -0.25) is 9.59 Å². The normalized spacial score (nSPS) is 12.6. The van der Waals surface area contributed by atoms with Crippen LogP contribution in [0.3, 0.4) is 0 Å². The average Bonchev–Trinajstić information content (AvgIpc) is 2.78. The maximum atomic E-state index is 13.4. The average molecular weight is 564 g/mol. The summed E-state index contributed by atoms with van der Waals surface area (Å²) in [7, 11) is -12.0. The SMILES string of the molecule is COc1ccccc1N(C(=O)C(=O)N(c1ccccc1OC)S(=O)(=O)C(F)(F)F)S(=O)(=O)C(F)(F)F. The fourth-order valence-corrected chi connectivity index (χ4v) is 4.50. The monoisotopic (exact) mass is 564 g/mol. The zero-order chi connectivity index (χ0) is 27.7. The third-order valence-corrected chi connectivity index (χ3v) is 7.08. The van der Waals surface area contributed by atoms with E-state index in [0.717, 1.165) is 50.6 Å². The predicted octanol–water partition coefficient (Wildman–Crippen LogP) is 2.77. The molecule has 0 N–H and O–H groups in total. The van der Waals surface area contributed by atoms with Gasteiger partial charge in [-0.25, -0.2) is 0 Å². The van der Waals surface area contributed by atoms with Crippen molar-refractivity contribution >= 4 is 43.2 Å². The van der Waals surface area contributed by atoms with E-state index in [-0.39, 0.29) is 0 Å². The van der Waals surface area contributed by atoms with Crippen LogP contribution in [0.4, 0.5) is 37.7 Å². The van der Waals surface area contributed by atoms with E-state index >= 15 is 0 Å².